The summed E-state index contributed by atoms with van der Waals surface area (Å²) in [5.41, 5.74) is 0.485. The van der Waals surface area contributed by atoms with E-state index in [4.69, 9.17) is 0 Å². The molecule has 2 aliphatic carbocycles. The molecule has 0 spiro atoms. The van der Waals surface area contributed by atoms with E-state index in [0.29, 0.717) is 38.9 Å². The van der Waals surface area contributed by atoms with Crippen molar-refractivity contribution in [2.75, 3.05) is 13.1 Å². The van der Waals surface area contributed by atoms with Crippen LogP contribution in [0.25, 0.3) is 11.3 Å². The van der Waals surface area contributed by atoms with Gasteiger partial charge in [0.05, 0.1) is 18.1 Å². The fourth-order valence-corrected chi connectivity index (χ4v) is 4.01. The lowest BCUT2D eigenvalue weighted by Crippen LogP contribution is -2.51. The first-order valence-electron chi connectivity index (χ1n) is 9.68. The summed E-state index contributed by atoms with van der Waals surface area (Å²) in [5.74, 6) is 1.42. The van der Waals surface area contributed by atoms with Crippen molar-refractivity contribution in [2.24, 2.45) is 5.92 Å². The molecule has 3 aliphatic rings. The van der Waals surface area contributed by atoms with Gasteiger partial charge in [0.2, 0.25) is 0 Å². The molecule has 0 atom stereocenters. The van der Waals surface area contributed by atoms with Crippen molar-refractivity contribution in [3.05, 3.63) is 24.4 Å². The molecule has 3 heterocycles. The van der Waals surface area contributed by atoms with Crippen LogP contribution in [0.4, 0.5) is 4.39 Å². The molecule has 26 heavy (non-hydrogen) atoms. The Hall–Kier alpha value is -2.18. The zero-order valence-electron chi connectivity index (χ0n) is 14.9. The largest absolute Gasteiger partial charge is 0.338 e. The van der Waals surface area contributed by atoms with E-state index in [1.807, 2.05) is 17.1 Å². The van der Waals surface area contributed by atoms with Crippen molar-refractivity contribution < 1.29 is 9.18 Å². The molecule has 2 saturated carbocycles. The SMILES string of the molecule is O=C(N1CCc2ncc(-c3cnn(CC4CC4)c3)n2CC1)C1(F)CCC1. The summed E-state index contributed by atoms with van der Waals surface area (Å²) < 4.78 is 18.7. The maximum Gasteiger partial charge on any atom is 0.260 e. The number of carbonyl (C=O) groups is 1. The van der Waals surface area contributed by atoms with Crippen molar-refractivity contribution in [3.63, 3.8) is 0 Å². The summed E-state index contributed by atoms with van der Waals surface area (Å²) in [4.78, 5) is 18.8. The summed E-state index contributed by atoms with van der Waals surface area (Å²) in [6.45, 7) is 2.72. The Balaban J connectivity index is 1.33. The average Bonchev–Trinajstić information content (AvgIpc) is 3.22. The lowest BCUT2D eigenvalue weighted by Gasteiger charge is -2.36. The van der Waals surface area contributed by atoms with Gasteiger partial charge in [0.25, 0.3) is 5.91 Å². The summed E-state index contributed by atoms with van der Waals surface area (Å²) >= 11 is 0. The van der Waals surface area contributed by atoms with E-state index in [-0.39, 0.29) is 5.91 Å². The highest BCUT2D eigenvalue weighted by atomic mass is 19.1. The molecule has 0 radical (unpaired) electrons. The van der Waals surface area contributed by atoms with Crippen LogP contribution in [0.5, 0.6) is 0 Å². The molecule has 5 rings (SSSR count). The number of amides is 1. The molecule has 7 heteroatoms. The fourth-order valence-electron chi connectivity index (χ4n) is 4.01. The molecule has 0 aromatic carbocycles. The van der Waals surface area contributed by atoms with E-state index in [1.54, 1.807) is 4.90 Å². The van der Waals surface area contributed by atoms with Crippen LogP contribution in [0, 0.1) is 5.92 Å². The first-order chi connectivity index (χ1) is 12.6. The lowest BCUT2D eigenvalue weighted by molar-refractivity contribution is -0.149. The van der Waals surface area contributed by atoms with Gasteiger partial charge in [-0.3, -0.25) is 9.48 Å². The van der Waals surface area contributed by atoms with Gasteiger partial charge in [-0.25, -0.2) is 9.37 Å². The second-order valence-corrected chi connectivity index (χ2v) is 7.97. The number of rotatable bonds is 4. The molecule has 0 N–H and O–H groups in total. The Morgan fingerprint density at radius 2 is 2.08 bits per heavy atom. The Kier molecular flexibility index (Phi) is 3.65. The van der Waals surface area contributed by atoms with Crippen LogP contribution in [0.15, 0.2) is 18.6 Å². The van der Waals surface area contributed by atoms with Crippen LogP contribution in [0.1, 0.15) is 37.9 Å². The van der Waals surface area contributed by atoms with Gasteiger partial charge in [-0.15, -0.1) is 0 Å². The molecular weight excluding hydrogens is 333 g/mol. The van der Waals surface area contributed by atoms with Crippen LogP contribution >= 0.6 is 0 Å². The van der Waals surface area contributed by atoms with Gasteiger partial charge >= 0.3 is 0 Å². The summed E-state index contributed by atoms with van der Waals surface area (Å²) in [6, 6.07) is 0. The molecular formula is C19H24FN5O. The molecule has 138 valence electrons. The Bertz CT molecular complexity index is 833. The van der Waals surface area contributed by atoms with E-state index in [0.717, 1.165) is 36.0 Å². The molecule has 2 aromatic heterocycles. The van der Waals surface area contributed by atoms with Crippen LogP contribution in [-0.2, 0) is 24.3 Å². The van der Waals surface area contributed by atoms with Crippen molar-refractivity contribution in [3.8, 4) is 11.3 Å². The lowest BCUT2D eigenvalue weighted by atomic mass is 9.81. The number of aromatic nitrogens is 4. The van der Waals surface area contributed by atoms with Crippen LogP contribution in [0.2, 0.25) is 0 Å². The molecule has 2 aromatic rings. The molecule has 0 saturated heterocycles. The van der Waals surface area contributed by atoms with Gasteiger partial charge in [0.1, 0.15) is 5.82 Å². The number of imidazole rings is 1. The van der Waals surface area contributed by atoms with Crippen molar-refractivity contribution in [2.45, 2.75) is 57.3 Å². The highest BCUT2D eigenvalue weighted by Crippen LogP contribution is 2.38. The normalized spacial score (nSPS) is 21.8. The number of halogens is 1. The highest BCUT2D eigenvalue weighted by Gasteiger charge is 2.47. The van der Waals surface area contributed by atoms with Crippen LogP contribution in [0.3, 0.4) is 0 Å². The Labute approximate surface area is 152 Å². The van der Waals surface area contributed by atoms with Crippen molar-refractivity contribution in [1.29, 1.82) is 0 Å². The molecule has 1 aliphatic heterocycles. The highest BCUT2D eigenvalue weighted by molar-refractivity contribution is 5.86. The second-order valence-electron chi connectivity index (χ2n) is 7.97. The van der Waals surface area contributed by atoms with Gasteiger partial charge in [0.15, 0.2) is 5.67 Å². The van der Waals surface area contributed by atoms with Crippen LogP contribution in [-0.4, -0.2) is 48.9 Å². The molecule has 0 bridgehead atoms. The summed E-state index contributed by atoms with van der Waals surface area (Å²) in [7, 11) is 0. The Morgan fingerprint density at radius 1 is 1.23 bits per heavy atom. The maximum atomic E-state index is 14.5. The minimum Gasteiger partial charge on any atom is -0.338 e. The predicted octanol–water partition coefficient (Wildman–Crippen LogP) is 2.43. The van der Waals surface area contributed by atoms with Gasteiger partial charge in [0, 0.05) is 44.4 Å². The van der Waals surface area contributed by atoms with Gasteiger partial charge < -0.3 is 9.47 Å². The smallest absolute Gasteiger partial charge is 0.260 e. The third-order valence-electron chi connectivity index (χ3n) is 6.02. The number of alkyl halides is 1. The number of carbonyl (C=O) groups excluding carboxylic acids is 1. The van der Waals surface area contributed by atoms with Gasteiger partial charge in [-0.2, -0.15) is 5.10 Å². The summed E-state index contributed by atoms with van der Waals surface area (Å²) in [5, 5.41) is 4.48. The van der Waals surface area contributed by atoms with E-state index >= 15 is 0 Å². The zero-order chi connectivity index (χ0) is 17.7. The van der Waals surface area contributed by atoms with E-state index in [2.05, 4.69) is 20.8 Å². The van der Waals surface area contributed by atoms with E-state index in [9.17, 15) is 9.18 Å². The molecule has 6 nitrogen and oxygen atoms in total. The number of nitrogens with zero attached hydrogens (tertiary/aromatic N) is 5. The monoisotopic (exact) mass is 357 g/mol. The molecule has 1 amide bonds. The Morgan fingerprint density at radius 3 is 2.81 bits per heavy atom. The number of fused-ring (bicyclic) bond motifs is 1. The van der Waals surface area contributed by atoms with Crippen molar-refractivity contribution in [1.82, 2.24) is 24.2 Å². The zero-order valence-corrected chi connectivity index (χ0v) is 14.9. The minimum absolute atomic E-state index is 0.326. The van der Waals surface area contributed by atoms with Crippen LogP contribution < -0.4 is 0 Å². The number of hydrogen-bond acceptors (Lipinski definition) is 3. The first kappa shape index (κ1) is 16.0. The van der Waals surface area contributed by atoms with Gasteiger partial charge in [-0.1, -0.05) is 0 Å². The standard InChI is InChI=1S/C19H24FN5O/c20-19(5-1-6-19)18(26)23-7-4-17-21-11-16(25(17)9-8-23)15-10-22-24(13-15)12-14-2-3-14/h10-11,13-14H,1-9,12H2. The third-order valence-corrected chi connectivity index (χ3v) is 6.02. The quantitative estimate of drug-likeness (QED) is 0.844. The third kappa shape index (κ3) is 2.73. The molecule has 0 unspecified atom stereocenters. The second kappa shape index (κ2) is 5.93. The maximum absolute atomic E-state index is 14.5. The average molecular weight is 357 g/mol. The molecule has 2 fully saturated rings. The minimum atomic E-state index is -1.61. The van der Waals surface area contributed by atoms with Crippen molar-refractivity contribution >= 4 is 5.91 Å². The predicted molar refractivity (Wildman–Crippen MR) is 94.1 cm³/mol. The topological polar surface area (TPSA) is 56.0 Å². The van der Waals surface area contributed by atoms with E-state index in [1.165, 1.54) is 12.8 Å². The van der Waals surface area contributed by atoms with Gasteiger partial charge in [-0.05, 0) is 38.0 Å². The number of hydrogen-bond donors (Lipinski definition) is 0. The fraction of sp³-hybridized carbons (Fsp3) is 0.632. The summed E-state index contributed by atoms with van der Waals surface area (Å²) in [6.07, 6.45) is 10.7. The van der Waals surface area contributed by atoms with E-state index < -0.39 is 5.67 Å². The first-order valence-corrected chi connectivity index (χ1v) is 9.68.